The first kappa shape index (κ1) is 16.6. The van der Waals surface area contributed by atoms with Gasteiger partial charge in [-0.05, 0) is 44.2 Å². The Hall–Kier alpha value is -3.22. The molecule has 2 heterocycles. The molecule has 3 aromatic rings. The quantitative estimate of drug-likeness (QED) is 0.743. The van der Waals surface area contributed by atoms with Gasteiger partial charge < -0.3 is 14.6 Å². The molecule has 1 N–H and O–H groups in total. The van der Waals surface area contributed by atoms with Gasteiger partial charge in [-0.15, -0.1) is 0 Å². The number of aromatic nitrogens is 3. The second-order valence-corrected chi connectivity index (χ2v) is 5.31. The van der Waals surface area contributed by atoms with Gasteiger partial charge in [0.05, 0.1) is 6.61 Å². The molecule has 0 bridgehead atoms. The van der Waals surface area contributed by atoms with Crippen molar-refractivity contribution < 1.29 is 14.1 Å². The molecule has 3 rings (SSSR count). The summed E-state index contributed by atoms with van der Waals surface area (Å²) in [6.07, 6.45) is 1.66. The number of hydrogen-bond donors (Lipinski definition) is 1. The second kappa shape index (κ2) is 7.57. The summed E-state index contributed by atoms with van der Waals surface area (Å²) in [4.78, 5) is 20.6. The molecule has 0 aliphatic carbocycles. The number of nitrogens with zero attached hydrogens (tertiary/aromatic N) is 3. The molecule has 0 aliphatic rings. The van der Waals surface area contributed by atoms with Crippen molar-refractivity contribution in [1.82, 2.24) is 20.4 Å². The number of aryl methyl sites for hydroxylation is 1. The molecule has 7 nitrogen and oxygen atoms in total. The Labute approximate surface area is 145 Å². The minimum Gasteiger partial charge on any atom is -0.478 e. The van der Waals surface area contributed by atoms with Crippen molar-refractivity contribution >= 4 is 5.91 Å². The summed E-state index contributed by atoms with van der Waals surface area (Å²) in [7, 11) is 0. The number of carbonyl (C=O) groups excluding carboxylic acids is 1. The Balaban J connectivity index is 1.66. The van der Waals surface area contributed by atoms with Crippen LogP contribution in [0.2, 0.25) is 0 Å². The van der Waals surface area contributed by atoms with Gasteiger partial charge in [-0.25, -0.2) is 4.98 Å². The van der Waals surface area contributed by atoms with Crippen molar-refractivity contribution in [2.24, 2.45) is 0 Å². The molecule has 25 heavy (non-hydrogen) atoms. The SMILES string of the molecule is CCOc1ncccc1CNC(=O)c1ccc(-c2nc(C)no2)cc1. The fourth-order valence-corrected chi connectivity index (χ4v) is 2.28. The zero-order valence-corrected chi connectivity index (χ0v) is 14.0. The first-order chi connectivity index (χ1) is 12.2. The van der Waals surface area contributed by atoms with Crippen molar-refractivity contribution in [2.75, 3.05) is 6.61 Å². The van der Waals surface area contributed by atoms with Gasteiger partial charge >= 0.3 is 0 Å². The highest BCUT2D eigenvalue weighted by Gasteiger charge is 2.10. The average Bonchev–Trinajstić information content (AvgIpc) is 3.07. The van der Waals surface area contributed by atoms with Crippen LogP contribution in [0, 0.1) is 6.92 Å². The van der Waals surface area contributed by atoms with Gasteiger partial charge in [0, 0.05) is 29.4 Å². The van der Waals surface area contributed by atoms with E-state index >= 15 is 0 Å². The fourth-order valence-electron chi connectivity index (χ4n) is 2.28. The van der Waals surface area contributed by atoms with Crippen molar-refractivity contribution in [3.8, 4) is 17.3 Å². The predicted octanol–water partition coefficient (Wildman–Crippen LogP) is 2.77. The van der Waals surface area contributed by atoms with Crippen molar-refractivity contribution in [3.05, 3.63) is 59.5 Å². The maximum Gasteiger partial charge on any atom is 0.257 e. The zero-order valence-electron chi connectivity index (χ0n) is 14.0. The van der Waals surface area contributed by atoms with Crippen LogP contribution in [0.15, 0.2) is 47.1 Å². The summed E-state index contributed by atoms with van der Waals surface area (Å²) in [5, 5.41) is 6.62. The van der Waals surface area contributed by atoms with Crippen LogP contribution >= 0.6 is 0 Å². The average molecular weight is 338 g/mol. The third-order valence-corrected chi connectivity index (χ3v) is 3.49. The maximum atomic E-state index is 12.3. The monoisotopic (exact) mass is 338 g/mol. The Bertz CT molecular complexity index is 859. The van der Waals surface area contributed by atoms with E-state index in [4.69, 9.17) is 9.26 Å². The third kappa shape index (κ3) is 4.00. The maximum absolute atomic E-state index is 12.3. The van der Waals surface area contributed by atoms with Crippen LogP contribution in [0.4, 0.5) is 0 Å². The number of nitrogens with one attached hydrogen (secondary N) is 1. The van der Waals surface area contributed by atoms with Gasteiger partial charge in [-0.1, -0.05) is 11.2 Å². The number of carbonyl (C=O) groups is 1. The lowest BCUT2D eigenvalue weighted by Crippen LogP contribution is -2.23. The minimum absolute atomic E-state index is 0.181. The molecule has 0 atom stereocenters. The zero-order chi connectivity index (χ0) is 17.6. The molecular weight excluding hydrogens is 320 g/mol. The van der Waals surface area contributed by atoms with E-state index in [1.165, 1.54) is 0 Å². The summed E-state index contributed by atoms with van der Waals surface area (Å²) >= 11 is 0. The lowest BCUT2D eigenvalue weighted by atomic mass is 10.1. The molecule has 0 unspecified atom stereocenters. The summed E-state index contributed by atoms with van der Waals surface area (Å²) in [5.41, 5.74) is 2.14. The lowest BCUT2D eigenvalue weighted by molar-refractivity contribution is 0.0950. The number of ether oxygens (including phenoxy) is 1. The molecule has 0 saturated heterocycles. The number of hydrogen-bond acceptors (Lipinski definition) is 6. The van der Waals surface area contributed by atoms with Crippen LogP contribution in [0.25, 0.3) is 11.5 Å². The molecular formula is C18H18N4O3. The number of amides is 1. The minimum atomic E-state index is -0.181. The molecule has 0 saturated carbocycles. The molecule has 0 fully saturated rings. The van der Waals surface area contributed by atoms with E-state index < -0.39 is 0 Å². The van der Waals surface area contributed by atoms with Crippen molar-refractivity contribution in [3.63, 3.8) is 0 Å². The highest BCUT2D eigenvalue weighted by molar-refractivity contribution is 5.94. The highest BCUT2D eigenvalue weighted by atomic mass is 16.5. The van der Waals surface area contributed by atoms with Crippen LogP contribution in [0.1, 0.15) is 28.7 Å². The first-order valence-electron chi connectivity index (χ1n) is 7.93. The number of benzene rings is 1. The Morgan fingerprint density at radius 2 is 2.04 bits per heavy atom. The van der Waals surface area contributed by atoms with Crippen molar-refractivity contribution in [1.29, 1.82) is 0 Å². The molecule has 2 aromatic heterocycles. The topological polar surface area (TPSA) is 90.1 Å². The van der Waals surface area contributed by atoms with Crippen molar-refractivity contribution in [2.45, 2.75) is 20.4 Å². The van der Waals surface area contributed by atoms with E-state index in [1.807, 2.05) is 19.1 Å². The molecule has 7 heteroatoms. The first-order valence-corrected chi connectivity index (χ1v) is 7.93. The van der Waals surface area contributed by atoms with E-state index in [-0.39, 0.29) is 5.91 Å². The molecule has 0 spiro atoms. The summed E-state index contributed by atoms with van der Waals surface area (Å²) in [6, 6.07) is 10.7. The van der Waals surface area contributed by atoms with Gasteiger partial charge in [0.25, 0.3) is 11.8 Å². The normalized spacial score (nSPS) is 10.5. The molecule has 0 aliphatic heterocycles. The number of pyridine rings is 1. The molecule has 1 amide bonds. The van der Waals surface area contributed by atoms with Crippen LogP contribution in [0.5, 0.6) is 5.88 Å². The third-order valence-electron chi connectivity index (χ3n) is 3.49. The Kier molecular flexibility index (Phi) is 5.03. The van der Waals surface area contributed by atoms with E-state index in [2.05, 4.69) is 20.4 Å². The van der Waals surface area contributed by atoms with Gasteiger partial charge in [0.2, 0.25) is 5.88 Å². The predicted molar refractivity (Wildman–Crippen MR) is 91.0 cm³/mol. The summed E-state index contributed by atoms with van der Waals surface area (Å²) in [5.74, 6) is 1.35. The standard InChI is InChI=1S/C18H18N4O3/c1-3-24-17-15(5-4-10-19-17)11-20-16(23)13-6-8-14(9-7-13)18-21-12(2)22-25-18/h4-10H,3,11H2,1-2H3,(H,20,23). The molecule has 128 valence electrons. The highest BCUT2D eigenvalue weighted by Crippen LogP contribution is 2.18. The van der Waals surface area contributed by atoms with Crippen LogP contribution < -0.4 is 10.1 Å². The lowest BCUT2D eigenvalue weighted by Gasteiger charge is -2.10. The Morgan fingerprint density at radius 1 is 1.24 bits per heavy atom. The number of rotatable bonds is 6. The van der Waals surface area contributed by atoms with Gasteiger partial charge in [-0.2, -0.15) is 4.98 Å². The largest absolute Gasteiger partial charge is 0.478 e. The van der Waals surface area contributed by atoms with Gasteiger partial charge in [0.1, 0.15) is 0 Å². The molecule has 0 radical (unpaired) electrons. The smallest absolute Gasteiger partial charge is 0.257 e. The Morgan fingerprint density at radius 3 is 2.72 bits per heavy atom. The molecule has 1 aromatic carbocycles. The van der Waals surface area contributed by atoms with Crippen LogP contribution in [0.3, 0.4) is 0 Å². The van der Waals surface area contributed by atoms with E-state index in [1.54, 1.807) is 37.4 Å². The van der Waals surface area contributed by atoms with Crippen LogP contribution in [-0.4, -0.2) is 27.6 Å². The van der Waals surface area contributed by atoms with E-state index in [9.17, 15) is 4.79 Å². The summed E-state index contributed by atoms with van der Waals surface area (Å²) < 4.78 is 10.6. The fraction of sp³-hybridized carbons (Fsp3) is 0.222. The van der Waals surface area contributed by atoms with E-state index in [0.29, 0.717) is 36.3 Å². The van der Waals surface area contributed by atoms with Crippen LogP contribution in [-0.2, 0) is 6.54 Å². The van der Waals surface area contributed by atoms with Gasteiger partial charge in [0.15, 0.2) is 5.82 Å². The summed E-state index contributed by atoms with van der Waals surface area (Å²) in [6.45, 7) is 4.51. The van der Waals surface area contributed by atoms with E-state index in [0.717, 1.165) is 11.1 Å². The van der Waals surface area contributed by atoms with Gasteiger partial charge in [-0.3, -0.25) is 4.79 Å². The second-order valence-electron chi connectivity index (χ2n) is 5.31.